The Balaban J connectivity index is 1.85. The summed E-state index contributed by atoms with van der Waals surface area (Å²) in [7, 11) is 0. The van der Waals surface area contributed by atoms with Crippen LogP contribution >= 0.6 is 0 Å². The van der Waals surface area contributed by atoms with E-state index in [0.29, 0.717) is 12.5 Å². The van der Waals surface area contributed by atoms with E-state index in [1.807, 2.05) is 32.9 Å². The number of nitrogens with one attached hydrogen (secondary N) is 1. The Morgan fingerprint density at radius 2 is 2.16 bits per heavy atom. The smallest absolute Gasteiger partial charge is 0.407 e. The number of alkyl carbamates (subject to hydrolysis) is 1. The summed E-state index contributed by atoms with van der Waals surface area (Å²) in [6.07, 6.45) is 1.55. The topological polar surface area (TPSA) is 64.3 Å². The highest BCUT2D eigenvalue weighted by molar-refractivity contribution is 5.67. The molecule has 0 bridgehead atoms. The van der Waals surface area contributed by atoms with Gasteiger partial charge in [-0.15, -0.1) is 0 Å². The highest BCUT2D eigenvalue weighted by atomic mass is 16.6. The molecule has 0 aromatic heterocycles. The number of hydrogen-bond donors (Lipinski definition) is 2. The molecule has 1 atom stereocenters. The normalized spacial score (nSPS) is 17.9. The molecule has 0 fully saturated rings. The summed E-state index contributed by atoms with van der Waals surface area (Å²) >= 11 is 0. The Kier molecular flexibility index (Phi) is 3.69. The van der Waals surface area contributed by atoms with Gasteiger partial charge in [0, 0.05) is 12.2 Å². The number of fused-ring (bicyclic) bond motifs is 1. The molecule has 1 amide bonds. The molecule has 4 nitrogen and oxygen atoms in total. The molecular weight excluding hydrogens is 240 g/mol. The standard InChI is InChI=1S/C15H22N2O2/c1-15(2,3)19-14(18)17-9-10-7-11-5-4-6-13(16)12(11)8-10/h4-6,10H,7-9,16H2,1-3H3,(H,17,18). The van der Waals surface area contributed by atoms with Crippen molar-refractivity contribution in [3.05, 3.63) is 29.3 Å². The van der Waals surface area contributed by atoms with Gasteiger partial charge in [-0.25, -0.2) is 4.79 Å². The van der Waals surface area contributed by atoms with Crippen molar-refractivity contribution in [3.63, 3.8) is 0 Å². The van der Waals surface area contributed by atoms with Crippen molar-refractivity contribution in [1.29, 1.82) is 0 Å². The van der Waals surface area contributed by atoms with Crippen molar-refractivity contribution in [2.75, 3.05) is 12.3 Å². The monoisotopic (exact) mass is 262 g/mol. The van der Waals surface area contributed by atoms with E-state index < -0.39 is 5.60 Å². The molecule has 0 aliphatic heterocycles. The zero-order chi connectivity index (χ0) is 14.0. The molecule has 1 unspecified atom stereocenters. The van der Waals surface area contributed by atoms with E-state index >= 15 is 0 Å². The lowest BCUT2D eigenvalue weighted by atomic mass is 10.1. The van der Waals surface area contributed by atoms with E-state index in [4.69, 9.17) is 10.5 Å². The SMILES string of the molecule is CC(C)(C)OC(=O)NCC1Cc2cccc(N)c2C1. The second-order valence-corrected chi connectivity index (χ2v) is 6.14. The molecule has 3 N–H and O–H groups in total. The summed E-state index contributed by atoms with van der Waals surface area (Å²) in [4.78, 5) is 11.6. The second-order valence-electron chi connectivity index (χ2n) is 6.14. The molecule has 1 aliphatic carbocycles. The summed E-state index contributed by atoms with van der Waals surface area (Å²) in [6, 6.07) is 6.03. The summed E-state index contributed by atoms with van der Waals surface area (Å²) in [5, 5.41) is 2.83. The minimum Gasteiger partial charge on any atom is -0.444 e. The van der Waals surface area contributed by atoms with Crippen LogP contribution in [0.15, 0.2) is 18.2 Å². The highest BCUT2D eigenvalue weighted by Crippen LogP contribution is 2.30. The Labute approximate surface area is 114 Å². The zero-order valence-corrected chi connectivity index (χ0v) is 11.8. The molecule has 0 saturated carbocycles. The number of carbonyl (C=O) groups is 1. The maximum absolute atomic E-state index is 11.6. The van der Waals surface area contributed by atoms with Crippen LogP contribution < -0.4 is 11.1 Å². The molecule has 104 valence electrons. The number of hydrogen-bond acceptors (Lipinski definition) is 3. The van der Waals surface area contributed by atoms with E-state index in [1.54, 1.807) is 0 Å². The third-order valence-corrected chi connectivity index (χ3v) is 3.24. The Hall–Kier alpha value is -1.71. The first kappa shape index (κ1) is 13.7. The molecule has 0 radical (unpaired) electrons. The molecule has 4 heteroatoms. The van der Waals surface area contributed by atoms with Crippen molar-refractivity contribution in [2.45, 2.75) is 39.2 Å². The third-order valence-electron chi connectivity index (χ3n) is 3.24. The number of amides is 1. The van der Waals surface area contributed by atoms with E-state index in [-0.39, 0.29) is 6.09 Å². The Morgan fingerprint density at radius 3 is 2.79 bits per heavy atom. The van der Waals surface area contributed by atoms with Crippen LogP contribution in [0.5, 0.6) is 0 Å². The number of anilines is 1. The highest BCUT2D eigenvalue weighted by Gasteiger charge is 2.24. The fourth-order valence-corrected chi connectivity index (χ4v) is 2.45. The number of benzene rings is 1. The summed E-state index contributed by atoms with van der Waals surface area (Å²) in [5.74, 6) is 0.409. The number of ether oxygens (including phenoxy) is 1. The van der Waals surface area contributed by atoms with Crippen molar-refractivity contribution in [1.82, 2.24) is 5.32 Å². The predicted octanol–water partition coefficient (Wildman–Crippen LogP) is 2.51. The van der Waals surface area contributed by atoms with Gasteiger partial charge in [0.05, 0.1) is 0 Å². The van der Waals surface area contributed by atoms with E-state index in [9.17, 15) is 4.79 Å². The number of nitrogens with two attached hydrogens (primary N) is 1. The molecular formula is C15H22N2O2. The number of carbonyl (C=O) groups excluding carboxylic acids is 1. The van der Waals surface area contributed by atoms with Crippen LogP contribution in [-0.4, -0.2) is 18.2 Å². The number of nitrogen functional groups attached to an aromatic ring is 1. The first-order valence-electron chi connectivity index (χ1n) is 6.68. The van der Waals surface area contributed by atoms with Crippen LogP contribution in [0.2, 0.25) is 0 Å². The van der Waals surface area contributed by atoms with Crippen LogP contribution in [-0.2, 0) is 17.6 Å². The van der Waals surface area contributed by atoms with Gasteiger partial charge in [-0.05, 0) is 56.7 Å². The summed E-state index contributed by atoms with van der Waals surface area (Å²) < 4.78 is 5.22. The Morgan fingerprint density at radius 1 is 1.42 bits per heavy atom. The molecule has 0 spiro atoms. The van der Waals surface area contributed by atoms with E-state index in [2.05, 4.69) is 11.4 Å². The largest absolute Gasteiger partial charge is 0.444 e. The summed E-state index contributed by atoms with van der Waals surface area (Å²) in [6.45, 7) is 6.21. The third kappa shape index (κ3) is 3.63. The fourth-order valence-electron chi connectivity index (χ4n) is 2.45. The minimum absolute atomic E-state index is 0.351. The van der Waals surface area contributed by atoms with Crippen LogP contribution in [0.3, 0.4) is 0 Å². The number of rotatable bonds is 2. The van der Waals surface area contributed by atoms with Gasteiger partial charge in [0.1, 0.15) is 5.60 Å². The lowest BCUT2D eigenvalue weighted by Gasteiger charge is -2.20. The zero-order valence-electron chi connectivity index (χ0n) is 11.8. The van der Waals surface area contributed by atoms with Crippen molar-refractivity contribution >= 4 is 11.8 Å². The van der Waals surface area contributed by atoms with Gasteiger partial charge in [0.15, 0.2) is 0 Å². The average molecular weight is 262 g/mol. The quantitative estimate of drug-likeness (QED) is 0.805. The molecule has 2 rings (SSSR count). The maximum Gasteiger partial charge on any atom is 0.407 e. The van der Waals surface area contributed by atoms with Gasteiger partial charge in [0.25, 0.3) is 0 Å². The van der Waals surface area contributed by atoms with Crippen LogP contribution in [0, 0.1) is 5.92 Å². The maximum atomic E-state index is 11.6. The molecule has 19 heavy (non-hydrogen) atoms. The molecule has 0 heterocycles. The van der Waals surface area contributed by atoms with Crippen molar-refractivity contribution < 1.29 is 9.53 Å². The Bertz CT molecular complexity index is 478. The molecule has 0 saturated heterocycles. The van der Waals surface area contributed by atoms with Gasteiger partial charge in [-0.2, -0.15) is 0 Å². The van der Waals surface area contributed by atoms with E-state index in [1.165, 1.54) is 11.1 Å². The van der Waals surface area contributed by atoms with Gasteiger partial charge < -0.3 is 15.8 Å². The predicted molar refractivity (Wildman–Crippen MR) is 76.0 cm³/mol. The van der Waals surface area contributed by atoms with E-state index in [0.717, 1.165) is 18.5 Å². The molecule has 1 aromatic carbocycles. The second kappa shape index (κ2) is 5.11. The van der Waals surface area contributed by atoms with Crippen molar-refractivity contribution in [3.8, 4) is 0 Å². The fraction of sp³-hybridized carbons (Fsp3) is 0.533. The van der Waals surface area contributed by atoms with Gasteiger partial charge in [-0.3, -0.25) is 0 Å². The average Bonchev–Trinajstić information content (AvgIpc) is 2.68. The lowest BCUT2D eigenvalue weighted by molar-refractivity contribution is 0.0520. The van der Waals surface area contributed by atoms with Gasteiger partial charge >= 0.3 is 6.09 Å². The van der Waals surface area contributed by atoms with Gasteiger partial charge in [0.2, 0.25) is 0 Å². The lowest BCUT2D eigenvalue weighted by Crippen LogP contribution is -2.35. The summed E-state index contributed by atoms with van der Waals surface area (Å²) in [5.41, 5.74) is 8.91. The molecule has 1 aliphatic rings. The minimum atomic E-state index is -0.451. The van der Waals surface area contributed by atoms with Gasteiger partial charge in [-0.1, -0.05) is 12.1 Å². The van der Waals surface area contributed by atoms with Crippen LogP contribution in [0.4, 0.5) is 10.5 Å². The van der Waals surface area contributed by atoms with Crippen LogP contribution in [0.25, 0.3) is 0 Å². The molecule has 1 aromatic rings. The first-order chi connectivity index (χ1) is 8.85. The first-order valence-corrected chi connectivity index (χ1v) is 6.68. The van der Waals surface area contributed by atoms with Crippen molar-refractivity contribution in [2.24, 2.45) is 5.92 Å². The van der Waals surface area contributed by atoms with Crippen LogP contribution in [0.1, 0.15) is 31.9 Å².